The lowest BCUT2D eigenvalue weighted by atomic mass is 9.78. The summed E-state index contributed by atoms with van der Waals surface area (Å²) in [7, 11) is 3.34. The summed E-state index contributed by atoms with van der Waals surface area (Å²) < 4.78 is 11.6. The second-order valence-corrected chi connectivity index (χ2v) is 14.6. The SMILES string of the molecule is COc1cc(-c2cccc(-c3cccc(-c4ccc(CNC[C@@H]5CCC(=O)N5)c(OC)n4)c3Cl)c2Cl)cc2c1CN(CCC1(O)CCC1)CC2. The van der Waals surface area contributed by atoms with Gasteiger partial charge in [-0.3, -0.25) is 9.69 Å². The van der Waals surface area contributed by atoms with Crippen LogP contribution in [0.15, 0.2) is 60.7 Å². The Bertz CT molecular complexity index is 1880. The second-order valence-electron chi connectivity index (χ2n) is 13.8. The van der Waals surface area contributed by atoms with Crippen molar-refractivity contribution in [2.24, 2.45) is 0 Å². The number of rotatable bonds is 12. The van der Waals surface area contributed by atoms with Crippen molar-refractivity contribution in [1.29, 1.82) is 0 Å². The number of hydrogen-bond donors (Lipinski definition) is 3. The topological polar surface area (TPSA) is 96.0 Å². The van der Waals surface area contributed by atoms with Gasteiger partial charge in [-0.2, -0.15) is 0 Å². The van der Waals surface area contributed by atoms with E-state index >= 15 is 0 Å². The van der Waals surface area contributed by atoms with E-state index in [4.69, 9.17) is 37.7 Å². The largest absolute Gasteiger partial charge is 0.496 e. The molecule has 3 aliphatic rings. The number of aromatic nitrogens is 1. The zero-order chi connectivity index (χ0) is 34.8. The second kappa shape index (κ2) is 14.9. The van der Waals surface area contributed by atoms with Crippen LogP contribution >= 0.6 is 23.2 Å². The first-order chi connectivity index (χ1) is 24.2. The smallest absolute Gasteiger partial charge is 0.220 e. The van der Waals surface area contributed by atoms with Crippen LogP contribution in [0.2, 0.25) is 10.0 Å². The van der Waals surface area contributed by atoms with Crippen LogP contribution < -0.4 is 20.1 Å². The van der Waals surface area contributed by atoms with Gasteiger partial charge >= 0.3 is 0 Å². The van der Waals surface area contributed by atoms with Crippen LogP contribution in [0, 0.1) is 0 Å². The monoisotopic (exact) mass is 714 g/mol. The molecule has 1 aliphatic carbocycles. The lowest BCUT2D eigenvalue weighted by molar-refractivity contribution is -0.119. The Balaban J connectivity index is 1.12. The zero-order valence-corrected chi connectivity index (χ0v) is 30.2. The van der Waals surface area contributed by atoms with Gasteiger partial charge in [-0.25, -0.2) is 4.98 Å². The van der Waals surface area contributed by atoms with Crippen molar-refractivity contribution >= 4 is 29.1 Å². The first-order valence-corrected chi connectivity index (χ1v) is 18.3. The summed E-state index contributed by atoms with van der Waals surface area (Å²) in [5.41, 5.74) is 7.96. The molecular formula is C40H44Cl2N4O4. The summed E-state index contributed by atoms with van der Waals surface area (Å²) in [6.07, 6.45) is 6.12. The van der Waals surface area contributed by atoms with E-state index in [0.29, 0.717) is 41.1 Å². The van der Waals surface area contributed by atoms with Crippen molar-refractivity contribution in [3.8, 4) is 45.1 Å². The highest BCUT2D eigenvalue weighted by Crippen LogP contribution is 2.44. The molecule has 8 nitrogen and oxygen atoms in total. The van der Waals surface area contributed by atoms with E-state index in [9.17, 15) is 9.90 Å². The molecule has 0 bridgehead atoms. The van der Waals surface area contributed by atoms with E-state index in [1.807, 2.05) is 48.5 Å². The average molecular weight is 716 g/mol. The minimum absolute atomic E-state index is 0.107. The van der Waals surface area contributed by atoms with E-state index in [-0.39, 0.29) is 11.9 Å². The molecule has 0 spiro atoms. The molecule has 3 N–H and O–H groups in total. The number of carbonyl (C=O) groups is 1. The van der Waals surface area contributed by atoms with Gasteiger partial charge in [0.25, 0.3) is 0 Å². The Morgan fingerprint density at radius 1 is 0.980 bits per heavy atom. The fourth-order valence-electron chi connectivity index (χ4n) is 7.46. The minimum atomic E-state index is -0.471. The van der Waals surface area contributed by atoms with Crippen molar-refractivity contribution in [2.45, 2.75) is 69.7 Å². The molecule has 2 fully saturated rings. The summed E-state index contributed by atoms with van der Waals surface area (Å²) in [5.74, 6) is 1.48. The maximum absolute atomic E-state index is 11.5. The third-order valence-electron chi connectivity index (χ3n) is 10.6. The van der Waals surface area contributed by atoms with Crippen molar-refractivity contribution in [1.82, 2.24) is 20.5 Å². The standard InChI is InChI=1S/C40H44Cl2N4O4/c1-49-35-21-27(20-25-14-18-46(24-33(25)35)19-17-40(48)15-5-16-40)29-6-3-7-30(37(29)41)31-8-4-9-32(38(31)42)34-12-10-26(39(45-34)50-2)22-43-23-28-11-13-36(47)44-28/h3-4,6-10,12,20-21,28,43,48H,5,11,13-19,22-24H2,1-2H3,(H,44,47)/t28-/m0/s1. The van der Waals surface area contributed by atoms with Crippen LogP contribution in [-0.4, -0.2) is 66.4 Å². The van der Waals surface area contributed by atoms with Crippen molar-refractivity contribution in [2.75, 3.05) is 33.9 Å². The first-order valence-electron chi connectivity index (χ1n) is 17.5. The molecule has 1 saturated carbocycles. The summed E-state index contributed by atoms with van der Waals surface area (Å²) in [4.78, 5) is 18.8. The molecule has 0 radical (unpaired) electrons. The Morgan fingerprint density at radius 3 is 2.40 bits per heavy atom. The summed E-state index contributed by atoms with van der Waals surface area (Å²) in [5, 5.41) is 18.2. The Kier molecular flexibility index (Phi) is 10.4. The number of methoxy groups -OCH3 is 2. The summed E-state index contributed by atoms with van der Waals surface area (Å²) in [6.45, 7) is 3.90. The normalized spacial score (nSPS) is 18.3. The molecule has 262 valence electrons. The van der Waals surface area contributed by atoms with E-state index < -0.39 is 5.60 Å². The van der Waals surface area contributed by atoms with Crippen molar-refractivity contribution in [3.63, 3.8) is 0 Å². The van der Waals surface area contributed by atoms with E-state index in [0.717, 1.165) is 97.3 Å². The molecule has 1 atom stereocenters. The molecule has 1 aromatic heterocycles. The quantitative estimate of drug-likeness (QED) is 0.140. The van der Waals surface area contributed by atoms with Crippen molar-refractivity contribution in [3.05, 3.63) is 87.4 Å². The van der Waals surface area contributed by atoms with Gasteiger partial charge in [0.2, 0.25) is 11.8 Å². The molecule has 4 aromatic rings. The number of fused-ring (bicyclic) bond motifs is 1. The third-order valence-corrected chi connectivity index (χ3v) is 11.4. The molecular weight excluding hydrogens is 671 g/mol. The van der Waals surface area contributed by atoms with Crippen LogP contribution in [0.1, 0.15) is 55.2 Å². The van der Waals surface area contributed by atoms with Crippen LogP contribution in [0.25, 0.3) is 33.5 Å². The van der Waals surface area contributed by atoms with Gasteiger partial charge in [-0.15, -0.1) is 0 Å². The highest BCUT2D eigenvalue weighted by atomic mass is 35.5. The van der Waals surface area contributed by atoms with Crippen LogP contribution in [-0.2, 0) is 24.3 Å². The van der Waals surface area contributed by atoms with Gasteiger partial charge in [-0.1, -0.05) is 71.7 Å². The molecule has 10 heteroatoms. The number of nitrogens with zero attached hydrogens (tertiary/aromatic N) is 2. The van der Waals surface area contributed by atoms with Crippen LogP contribution in [0.3, 0.4) is 0 Å². The van der Waals surface area contributed by atoms with Gasteiger partial charge in [0.05, 0.1) is 35.6 Å². The number of carbonyl (C=O) groups excluding carboxylic acids is 1. The zero-order valence-electron chi connectivity index (χ0n) is 28.7. The lowest BCUT2D eigenvalue weighted by Gasteiger charge is -2.39. The maximum Gasteiger partial charge on any atom is 0.220 e. The summed E-state index contributed by atoms with van der Waals surface area (Å²) in [6, 6.07) is 20.4. The number of aliphatic hydroxyl groups is 1. The summed E-state index contributed by atoms with van der Waals surface area (Å²) >= 11 is 14.4. The Hall–Kier alpha value is -3.66. The Labute approximate surface area is 304 Å². The lowest BCUT2D eigenvalue weighted by Crippen LogP contribution is -2.41. The molecule has 3 aromatic carbocycles. The van der Waals surface area contributed by atoms with Gasteiger partial charge in [0.1, 0.15) is 5.75 Å². The van der Waals surface area contributed by atoms with Crippen LogP contribution in [0.5, 0.6) is 11.6 Å². The van der Waals surface area contributed by atoms with E-state index in [1.165, 1.54) is 11.1 Å². The van der Waals surface area contributed by atoms with Gasteiger partial charge < -0.3 is 25.2 Å². The van der Waals surface area contributed by atoms with Gasteiger partial charge in [0.15, 0.2) is 0 Å². The number of hydrogen-bond acceptors (Lipinski definition) is 7. The Morgan fingerprint density at radius 2 is 1.72 bits per heavy atom. The highest BCUT2D eigenvalue weighted by Gasteiger charge is 2.35. The fraction of sp³-hybridized carbons (Fsp3) is 0.400. The minimum Gasteiger partial charge on any atom is -0.496 e. The maximum atomic E-state index is 11.5. The number of ether oxygens (including phenoxy) is 2. The molecule has 1 amide bonds. The molecule has 7 rings (SSSR count). The molecule has 50 heavy (non-hydrogen) atoms. The third kappa shape index (κ3) is 7.23. The molecule has 3 heterocycles. The number of amides is 1. The van der Waals surface area contributed by atoms with E-state index in [1.54, 1.807) is 14.2 Å². The average Bonchev–Trinajstić information content (AvgIpc) is 3.54. The molecule has 1 saturated heterocycles. The number of nitrogens with one attached hydrogen (secondary N) is 2. The van der Waals surface area contributed by atoms with Gasteiger partial charge in [-0.05, 0) is 61.8 Å². The number of benzene rings is 3. The number of halogens is 2. The predicted octanol–water partition coefficient (Wildman–Crippen LogP) is 7.44. The first kappa shape index (κ1) is 34.8. The van der Waals surface area contributed by atoms with Gasteiger partial charge in [0, 0.05) is 78.6 Å². The molecule has 2 aliphatic heterocycles. The highest BCUT2D eigenvalue weighted by molar-refractivity contribution is 6.39. The van der Waals surface area contributed by atoms with Crippen LogP contribution in [0.4, 0.5) is 0 Å². The predicted molar refractivity (Wildman–Crippen MR) is 199 cm³/mol. The van der Waals surface area contributed by atoms with E-state index in [2.05, 4.69) is 27.7 Å². The fourth-order valence-corrected chi connectivity index (χ4v) is 8.12. The molecule has 0 unspecified atom stereocenters. The van der Waals surface area contributed by atoms with Crippen molar-refractivity contribution < 1.29 is 19.4 Å². The number of pyridine rings is 1.